The van der Waals surface area contributed by atoms with Gasteiger partial charge < -0.3 is 5.73 Å². The summed E-state index contributed by atoms with van der Waals surface area (Å²) >= 11 is 1.55. The minimum Gasteiger partial charge on any atom is -0.396 e. The van der Waals surface area contributed by atoms with Crippen molar-refractivity contribution in [1.29, 1.82) is 0 Å². The largest absolute Gasteiger partial charge is 0.396 e. The molecule has 0 aliphatic rings. The third-order valence-corrected chi connectivity index (χ3v) is 4.73. The van der Waals surface area contributed by atoms with Gasteiger partial charge in [0.05, 0.1) is 10.6 Å². The maximum Gasteiger partial charge on any atom is 0.242 e. The first-order chi connectivity index (χ1) is 7.89. The van der Waals surface area contributed by atoms with Gasteiger partial charge >= 0.3 is 0 Å². The summed E-state index contributed by atoms with van der Waals surface area (Å²) in [7, 11) is -2.15. The van der Waals surface area contributed by atoms with Crippen molar-refractivity contribution >= 4 is 27.5 Å². The molecule has 0 spiro atoms. The van der Waals surface area contributed by atoms with Crippen LogP contribution < -0.4 is 5.73 Å². The maximum absolute atomic E-state index is 13.2. The van der Waals surface area contributed by atoms with Crippen molar-refractivity contribution in [3.8, 4) is 0 Å². The standard InChI is InChI=1S/C10H15FN2O2S2/c1-13(5-6-16-2)17(14,15)8-3-4-10(12)9(11)7-8/h3-4,7H,5-6,12H2,1-2H3. The van der Waals surface area contributed by atoms with E-state index in [9.17, 15) is 12.8 Å². The van der Waals surface area contributed by atoms with Crippen molar-refractivity contribution in [2.75, 3.05) is 31.3 Å². The fourth-order valence-corrected chi connectivity index (χ4v) is 2.94. The van der Waals surface area contributed by atoms with Gasteiger partial charge in [-0.3, -0.25) is 0 Å². The van der Waals surface area contributed by atoms with E-state index in [0.717, 1.165) is 6.07 Å². The van der Waals surface area contributed by atoms with E-state index in [1.165, 1.54) is 23.5 Å². The van der Waals surface area contributed by atoms with E-state index < -0.39 is 15.8 Å². The quantitative estimate of drug-likeness (QED) is 0.827. The number of halogens is 1. The zero-order valence-electron chi connectivity index (χ0n) is 9.68. The average Bonchev–Trinajstić information content (AvgIpc) is 2.29. The second-order valence-corrected chi connectivity index (χ2v) is 6.53. The molecule has 0 bridgehead atoms. The number of nitrogens with zero attached hydrogens (tertiary/aromatic N) is 1. The third-order valence-electron chi connectivity index (χ3n) is 2.29. The molecule has 4 nitrogen and oxygen atoms in total. The highest BCUT2D eigenvalue weighted by atomic mass is 32.2. The molecule has 0 radical (unpaired) electrons. The number of anilines is 1. The second-order valence-electron chi connectivity index (χ2n) is 3.50. The van der Waals surface area contributed by atoms with E-state index in [0.29, 0.717) is 12.3 Å². The van der Waals surface area contributed by atoms with Crippen LogP contribution in [-0.2, 0) is 10.0 Å². The molecule has 96 valence electrons. The van der Waals surface area contributed by atoms with Gasteiger partial charge in [0.25, 0.3) is 0 Å². The molecular formula is C10H15FN2O2S2. The molecule has 0 atom stereocenters. The van der Waals surface area contributed by atoms with E-state index in [1.54, 1.807) is 11.8 Å². The van der Waals surface area contributed by atoms with Gasteiger partial charge in [0.2, 0.25) is 10.0 Å². The van der Waals surface area contributed by atoms with Crippen LogP contribution in [0.5, 0.6) is 0 Å². The maximum atomic E-state index is 13.2. The number of nitrogens with two attached hydrogens (primary N) is 1. The number of rotatable bonds is 5. The Labute approximate surface area is 105 Å². The number of hydrogen-bond acceptors (Lipinski definition) is 4. The molecule has 1 aromatic carbocycles. The number of hydrogen-bond donors (Lipinski definition) is 1. The first-order valence-electron chi connectivity index (χ1n) is 4.90. The molecule has 0 fully saturated rings. The number of benzene rings is 1. The van der Waals surface area contributed by atoms with Crippen molar-refractivity contribution < 1.29 is 12.8 Å². The highest BCUT2D eigenvalue weighted by Gasteiger charge is 2.21. The summed E-state index contributed by atoms with van der Waals surface area (Å²) in [6.07, 6.45) is 1.89. The summed E-state index contributed by atoms with van der Waals surface area (Å²) in [6, 6.07) is 3.51. The van der Waals surface area contributed by atoms with Gasteiger partial charge in [-0.2, -0.15) is 11.8 Å². The smallest absolute Gasteiger partial charge is 0.242 e. The first kappa shape index (κ1) is 14.3. The lowest BCUT2D eigenvalue weighted by Gasteiger charge is -2.16. The van der Waals surface area contributed by atoms with Crippen LogP contribution in [0.2, 0.25) is 0 Å². The predicted molar refractivity (Wildman–Crippen MR) is 69.0 cm³/mol. The Morgan fingerprint density at radius 3 is 2.65 bits per heavy atom. The normalized spacial score (nSPS) is 12.0. The lowest BCUT2D eigenvalue weighted by molar-refractivity contribution is 0.487. The molecule has 0 unspecified atom stereocenters. The molecule has 0 aromatic heterocycles. The zero-order chi connectivity index (χ0) is 13.1. The minimum absolute atomic E-state index is 0.0595. The van der Waals surface area contributed by atoms with Gasteiger partial charge in [-0.1, -0.05) is 0 Å². The summed E-state index contributed by atoms with van der Waals surface area (Å²) in [5.74, 6) is -0.0305. The van der Waals surface area contributed by atoms with Crippen LogP contribution in [0.3, 0.4) is 0 Å². The van der Waals surface area contributed by atoms with Crippen molar-refractivity contribution in [1.82, 2.24) is 4.31 Å². The molecule has 0 aliphatic heterocycles. The Kier molecular flexibility index (Phi) is 4.79. The van der Waals surface area contributed by atoms with Crippen molar-refractivity contribution in [2.24, 2.45) is 0 Å². The van der Waals surface area contributed by atoms with E-state index in [2.05, 4.69) is 0 Å². The Morgan fingerprint density at radius 1 is 1.47 bits per heavy atom. The van der Waals surface area contributed by atoms with Crippen LogP contribution >= 0.6 is 11.8 Å². The molecule has 7 heteroatoms. The number of thioether (sulfide) groups is 1. The SMILES string of the molecule is CSCCN(C)S(=O)(=O)c1ccc(N)c(F)c1. The van der Waals surface area contributed by atoms with Crippen LogP contribution in [0.15, 0.2) is 23.1 Å². The topological polar surface area (TPSA) is 63.4 Å². The van der Waals surface area contributed by atoms with Gasteiger partial charge in [0, 0.05) is 19.3 Å². The number of sulfonamides is 1. The summed E-state index contributed by atoms with van der Waals surface area (Å²) < 4.78 is 38.4. The lowest BCUT2D eigenvalue weighted by Crippen LogP contribution is -2.29. The van der Waals surface area contributed by atoms with Crippen molar-refractivity contribution in [3.63, 3.8) is 0 Å². The molecule has 0 amide bonds. The van der Waals surface area contributed by atoms with Crippen molar-refractivity contribution in [3.05, 3.63) is 24.0 Å². The molecule has 2 N–H and O–H groups in total. The minimum atomic E-state index is -3.63. The fourth-order valence-electron chi connectivity index (χ4n) is 1.19. The number of nitrogen functional groups attached to an aromatic ring is 1. The summed E-state index contributed by atoms with van der Waals surface area (Å²) in [4.78, 5) is -0.0761. The average molecular weight is 278 g/mol. The fraction of sp³-hybridized carbons (Fsp3) is 0.400. The van der Waals surface area contributed by atoms with Crippen molar-refractivity contribution in [2.45, 2.75) is 4.90 Å². The van der Waals surface area contributed by atoms with E-state index in [-0.39, 0.29) is 10.6 Å². The van der Waals surface area contributed by atoms with Crippen LogP contribution in [0.1, 0.15) is 0 Å². The van der Waals surface area contributed by atoms with Gasteiger partial charge in [0.1, 0.15) is 5.82 Å². The Morgan fingerprint density at radius 2 is 2.12 bits per heavy atom. The highest BCUT2D eigenvalue weighted by molar-refractivity contribution is 7.98. The molecule has 0 saturated heterocycles. The second kappa shape index (κ2) is 5.70. The van der Waals surface area contributed by atoms with Gasteiger partial charge in [0.15, 0.2) is 0 Å². The molecular weight excluding hydrogens is 263 g/mol. The molecule has 1 rings (SSSR count). The third kappa shape index (κ3) is 3.34. The monoisotopic (exact) mass is 278 g/mol. The van der Waals surface area contributed by atoms with Gasteiger partial charge in [-0.05, 0) is 24.5 Å². The Balaban J connectivity index is 3.00. The Bertz CT molecular complexity index is 491. The molecule has 17 heavy (non-hydrogen) atoms. The summed E-state index contributed by atoms with van der Waals surface area (Å²) in [5, 5.41) is 0. The van der Waals surface area contributed by atoms with Crippen LogP contribution in [0.25, 0.3) is 0 Å². The van der Waals surface area contributed by atoms with Gasteiger partial charge in [-0.25, -0.2) is 17.1 Å². The van der Waals surface area contributed by atoms with E-state index in [1.807, 2.05) is 6.26 Å². The highest BCUT2D eigenvalue weighted by Crippen LogP contribution is 2.19. The summed E-state index contributed by atoms with van der Waals surface area (Å²) in [5.41, 5.74) is 5.24. The van der Waals surface area contributed by atoms with E-state index >= 15 is 0 Å². The first-order valence-corrected chi connectivity index (χ1v) is 7.73. The van der Waals surface area contributed by atoms with E-state index in [4.69, 9.17) is 5.73 Å². The zero-order valence-corrected chi connectivity index (χ0v) is 11.3. The predicted octanol–water partition coefficient (Wildman–Crippen LogP) is 1.39. The molecule has 0 aliphatic carbocycles. The molecule has 1 aromatic rings. The Hall–Kier alpha value is -0.790. The summed E-state index contributed by atoms with van der Waals surface area (Å²) in [6.45, 7) is 0.384. The molecule has 0 saturated carbocycles. The van der Waals surface area contributed by atoms with Crippen LogP contribution in [0, 0.1) is 5.82 Å². The van der Waals surface area contributed by atoms with Gasteiger partial charge in [-0.15, -0.1) is 0 Å². The lowest BCUT2D eigenvalue weighted by atomic mass is 10.3. The van der Waals surface area contributed by atoms with Crippen LogP contribution in [-0.4, -0.2) is 38.3 Å². The van der Waals surface area contributed by atoms with Crippen LogP contribution in [0.4, 0.5) is 10.1 Å². The molecule has 0 heterocycles.